The summed E-state index contributed by atoms with van der Waals surface area (Å²) in [5.41, 5.74) is 3.60. The van der Waals surface area contributed by atoms with Gasteiger partial charge in [-0.15, -0.1) is 24.0 Å². The second-order valence-corrected chi connectivity index (χ2v) is 7.03. The topological polar surface area (TPSA) is 46.1 Å². The SMILES string of the molecule is CN=C(NCC(C)(C)OC)N1CCOC(c2ccc(C)cc2C)C1.I. The Bertz CT molecular complexity index is 590. The minimum Gasteiger partial charge on any atom is -0.377 e. The molecule has 0 amide bonds. The van der Waals surface area contributed by atoms with Crippen LogP contribution < -0.4 is 5.32 Å². The number of nitrogens with zero attached hydrogens (tertiary/aromatic N) is 2. The van der Waals surface area contributed by atoms with E-state index in [0.717, 1.165) is 19.0 Å². The molecule has 0 saturated carbocycles. The summed E-state index contributed by atoms with van der Waals surface area (Å²) in [6.07, 6.45) is 0.0772. The van der Waals surface area contributed by atoms with Crippen LogP contribution in [0.3, 0.4) is 0 Å². The first-order chi connectivity index (χ1) is 11.4. The average Bonchev–Trinajstić information content (AvgIpc) is 2.55. The van der Waals surface area contributed by atoms with E-state index < -0.39 is 0 Å². The first-order valence-electron chi connectivity index (χ1n) is 8.56. The van der Waals surface area contributed by atoms with E-state index in [1.807, 2.05) is 7.05 Å². The smallest absolute Gasteiger partial charge is 0.193 e. The lowest BCUT2D eigenvalue weighted by molar-refractivity contribution is -0.00961. The zero-order chi connectivity index (χ0) is 17.7. The van der Waals surface area contributed by atoms with Crippen LogP contribution in [0.5, 0.6) is 0 Å². The number of halogens is 1. The molecule has 1 saturated heterocycles. The van der Waals surface area contributed by atoms with Gasteiger partial charge in [-0.3, -0.25) is 4.99 Å². The summed E-state index contributed by atoms with van der Waals surface area (Å²) in [5.74, 6) is 0.901. The maximum Gasteiger partial charge on any atom is 0.193 e. The van der Waals surface area contributed by atoms with E-state index in [1.165, 1.54) is 16.7 Å². The van der Waals surface area contributed by atoms with Gasteiger partial charge in [0.25, 0.3) is 0 Å². The van der Waals surface area contributed by atoms with Crippen LogP contribution in [0.1, 0.15) is 36.6 Å². The van der Waals surface area contributed by atoms with Crippen molar-refractivity contribution in [2.45, 2.75) is 39.4 Å². The van der Waals surface area contributed by atoms with Crippen LogP contribution in [0.25, 0.3) is 0 Å². The Morgan fingerprint density at radius 1 is 1.40 bits per heavy atom. The molecule has 6 heteroatoms. The molecular weight excluding hydrogens is 429 g/mol. The van der Waals surface area contributed by atoms with Crippen molar-refractivity contribution in [3.8, 4) is 0 Å². The number of nitrogens with one attached hydrogen (secondary N) is 1. The van der Waals surface area contributed by atoms with Gasteiger partial charge in [0, 0.05) is 27.2 Å². The maximum absolute atomic E-state index is 6.03. The molecule has 142 valence electrons. The van der Waals surface area contributed by atoms with Crippen LogP contribution in [0.4, 0.5) is 0 Å². The van der Waals surface area contributed by atoms with Crippen LogP contribution in [0.15, 0.2) is 23.2 Å². The molecule has 0 aliphatic carbocycles. The van der Waals surface area contributed by atoms with Crippen molar-refractivity contribution >= 4 is 29.9 Å². The lowest BCUT2D eigenvalue weighted by atomic mass is 10.00. The van der Waals surface area contributed by atoms with Crippen LogP contribution in [-0.4, -0.2) is 56.9 Å². The monoisotopic (exact) mass is 461 g/mol. The molecule has 1 heterocycles. The van der Waals surface area contributed by atoms with E-state index in [1.54, 1.807) is 7.11 Å². The van der Waals surface area contributed by atoms with Crippen molar-refractivity contribution < 1.29 is 9.47 Å². The fourth-order valence-corrected chi connectivity index (χ4v) is 2.91. The quantitative estimate of drug-likeness (QED) is 0.425. The van der Waals surface area contributed by atoms with Gasteiger partial charge in [0.1, 0.15) is 6.10 Å². The Kier molecular flexibility index (Phi) is 8.63. The van der Waals surface area contributed by atoms with Gasteiger partial charge in [0.2, 0.25) is 0 Å². The molecule has 2 rings (SSSR count). The minimum atomic E-state index is -0.227. The largest absolute Gasteiger partial charge is 0.377 e. The maximum atomic E-state index is 6.03. The zero-order valence-corrected chi connectivity index (χ0v) is 18.6. The van der Waals surface area contributed by atoms with Gasteiger partial charge in [-0.25, -0.2) is 0 Å². The second kappa shape index (κ2) is 9.73. The van der Waals surface area contributed by atoms with E-state index in [9.17, 15) is 0 Å². The molecule has 1 aliphatic rings. The van der Waals surface area contributed by atoms with Crippen LogP contribution in [-0.2, 0) is 9.47 Å². The molecule has 1 aromatic rings. The highest BCUT2D eigenvalue weighted by Crippen LogP contribution is 2.26. The highest BCUT2D eigenvalue weighted by Gasteiger charge is 2.26. The summed E-state index contributed by atoms with van der Waals surface area (Å²) in [5, 5.41) is 3.42. The first-order valence-corrected chi connectivity index (χ1v) is 8.56. The van der Waals surface area contributed by atoms with Crippen LogP contribution >= 0.6 is 24.0 Å². The van der Waals surface area contributed by atoms with Crippen molar-refractivity contribution in [2.24, 2.45) is 4.99 Å². The highest BCUT2D eigenvalue weighted by atomic mass is 127. The first kappa shape index (κ1) is 22.2. The second-order valence-electron chi connectivity index (χ2n) is 7.03. The molecule has 1 aliphatic heterocycles. The van der Waals surface area contributed by atoms with Gasteiger partial charge in [-0.2, -0.15) is 0 Å². The van der Waals surface area contributed by atoms with Gasteiger partial charge < -0.3 is 19.7 Å². The summed E-state index contributed by atoms with van der Waals surface area (Å²) in [6, 6.07) is 6.55. The predicted octanol–water partition coefficient (Wildman–Crippen LogP) is 3.30. The van der Waals surface area contributed by atoms with Crippen molar-refractivity contribution in [1.82, 2.24) is 10.2 Å². The van der Waals surface area contributed by atoms with E-state index in [-0.39, 0.29) is 35.7 Å². The predicted molar refractivity (Wildman–Crippen MR) is 114 cm³/mol. The molecule has 1 unspecified atom stereocenters. The zero-order valence-electron chi connectivity index (χ0n) is 16.3. The summed E-state index contributed by atoms with van der Waals surface area (Å²) in [7, 11) is 3.55. The molecule has 1 aromatic carbocycles. The summed E-state index contributed by atoms with van der Waals surface area (Å²) in [6.45, 7) is 11.4. The van der Waals surface area contributed by atoms with E-state index >= 15 is 0 Å². The number of aliphatic imine (C=N–C) groups is 1. The summed E-state index contributed by atoms with van der Waals surface area (Å²) >= 11 is 0. The average molecular weight is 461 g/mol. The van der Waals surface area contributed by atoms with Crippen molar-refractivity contribution in [2.75, 3.05) is 40.4 Å². The van der Waals surface area contributed by atoms with Gasteiger partial charge >= 0.3 is 0 Å². The van der Waals surface area contributed by atoms with Gasteiger partial charge in [0.05, 0.1) is 18.8 Å². The van der Waals surface area contributed by atoms with Crippen LogP contribution in [0, 0.1) is 13.8 Å². The molecule has 25 heavy (non-hydrogen) atoms. The molecule has 0 bridgehead atoms. The Morgan fingerprint density at radius 3 is 2.72 bits per heavy atom. The Balaban J connectivity index is 0.00000312. The lowest BCUT2D eigenvalue weighted by Gasteiger charge is -2.36. The Morgan fingerprint density at radius 2 is 2.12 bits per heavy atom. The fraction of sp³-hybridized carbons (Fsp3) is 0.632. The molecule has 5 nitrogen and oxygen atoms in total. The third-order valence-corrected chi connectivity index (χ3v) is 4.57. The standard InChI is InChI=1S/C19H31N3O2.HI/c1-14-7-8-16(15(2)11-14)17-12-22(9-10-24-17)18(20-5)21-13-19(3,4)23-6;/h7-8,11,17H,9-10,12-13H2,1-6H3,(H,20,21);1H. The van der Waals surface area contributed by atoms with Crippen molar-refractivity contribution in [1.29, 1.82) is 0 Å². The lowest BCUT2D eigenvalue weighted by Crippen LogP contribution is -2.51. The van der Waals surface area contributed by atoms with E-state index in [2.05, 4.69) is 61.1 Å². The summed E-state index contributed by atoms with van der Waals surface area (Å²) in [4.78, 5) is 6.70. The molecule has 0 aromatic heterocycles. The number of aryl methyl sites for hydroxylation is 2. The number of benzene rings is 1. The summed E-state index contributed by atoms with van der Waals surface area (Å²) < 4.78 is 11.5. The Labute approximate surface area is 169 Å². The Hall–Kier alpha value is -0.860. The number of methoxy groups -OCH3 is 1. The third kappa shape index (κ3) is 6.11. The van der Waals surface area contributed by atoms with Crippen molar-refractivity contribution in [3.63, 3.8) is 0 Å². The highest BCUT2D eigenvalue weighted by molar-refractivity contribution is 14.0. The molecule has 0 radical (unpaired) electrons. The van der Waals surface area contributed by atoms with Crippen molar-refractivity contribution in [3.05, 3.63) is 34.9 Å². The number of guanidine groups is 1. The normalized spacial score (nSPS) is 18.7. The number of hydrogen-bond donors (Lipinski definition) is 1. The third-order valence-electron chi connectivity index (χ3n) is 4.57. The van der Waals surface area contributed by atoms with Gasteiger partial charge in [0.15, 0.2) is 5.96 Å². The van der Waals surface area contributed by atoms with Gasteiger partial charge in [-0.1, -0.05) is 23.8 Å². The molecular formula is C19H32IN3O2. The molecule has 1 N–H and O–H groups in total. The minimum absolute atomic E-state index is 0. The molecule has 1 fully saturated rings. The number of morpholine rings is 1. The van der Waals surface area contributed by atoms with Crippen LogP contribution in [0.2, 0.25) is 0 Å². The van der Waals surface area contributed by atoms with E-state index in [4.69, 9.17) is 9.47 Å². The number of rotatable bonds is 4. The van der Waals surface area contributed by atoms with E-state index in [0.29, 0.717) is 13.2 Å². The number of hydrogen-bond acceptors (Lipinski definition) is 3. The fourth-order valence-electron chi connectivity index (χ4n) is 2.91. The van der Waals surface area contributed by atoms with Gasteiger partial charge in [-0.05, 0) is 38.8 Å². The molecule has 0 spiro atoms. The molecule has 1 atom stereocenters. The number of ether oxygens (including phenoxy) is 2.